The number of nitrogens with zero attached hydrogens (tertiary/aromatic N) is 5. The Bertz CT molecular complexity index is 791. The van der Waals surface area contributed by atoms with Crippen molar-refractivity contribution in [2.45, 2.75) is 19.0 Å². The maximum Gasteiger partial charge on any atom is 0.416 e. The molecule has 0 atom stereocenters. The van der Waals surface area contributed by atoms with E-state index >= 15 is 0 Å². The molecule has 0 spiro atoms. The Balaban J connectivity index is 1.69. The van der Waals surface area contributed by atoms with E-state index in [1.807, 2.05) is 0 Å². The first-order chi connectivity index (χ1) is 10.9. The van der Waals surface area contributed by atoms with Gasteiger partial charge >= 0.3 is 6.18 Å². The first-order valence-electron chi connectivity index (χ1n) is 6.77. The van der Waals surface area contributed by atoms with Gasteiger partial charge < -0.3 is 4.42 Å². The Morgan fingerprint density at radius 2 is 1.78 bits per heavy atom. The number of benzene rings is 1. The standard InChI is InChI=1S/C14H12F3N5O/c1-22-8-11(18-21-22)6-7-12-19-20-13(23-12)9-2-4-10(5-3-9)14(15,16)17/h2-5,8H,6-7H2,1H3. The van der Waals surface area contributed by atoms with Crippen LogP contribution in [0.15, 0.2) is 34.9 Å². The molecule has 0 amide bonds. The third-order valence-electron chi connectivity index (χ3n) is 3.17. The number of rotatable bonds is 4. The van der Waals surface area contributed by atoms with Crippen LogP contribution in [0.3, 0.4) is 0 Å². The van der Waals surface area contributed by atoms with Gasteiger partial charge in [0.2, 0.25) is 11.8 Å². The Kier molecular flexibility index (Phi) is 3.85. The molecule has 3 rings (SSSR count). The average Bonchev–Trinajstić information content (AvgIpc) is 3.13. The molecule has 0 unspecified atom stereocenters. The lowest BCUT2D eigenvalue weighted by atomic mass is 10.1. The molecule has 3 aromatic rings. The molecule has 0 saturated heterocycles. The van der Waals surface area contributed by atoms with Crippen LogP contribution >= 0.6 is 0 Å². The molecule has 0 saturated carbocycles. The lowest BCUT2D eigenvalue weighted by Gasteiger charge is -2.05. The Morgan fingerprint density at radius 1 is 1.04 bits per heavy atom. The second kappa shape index (κ2) is 5.82. The van der Waals surface area contributed by atoms with Crippen molar-refractivity contribution in [3.63, 3.8) is 0 Å². The number of hydrogen-bond donors (Lipinski definition) is 0. The van der Waals surface area contributed by atoms with E-state index in [-0.39, 0.29) is 5.89 Å². The zero-order valence-corrected chi connectivity index (χ0v) is 12.1. The summed E-state index contributed by atoms with van der Waals surface area (Å²) in [6.07, 6.45) is -1.52. The lowest BCUT2D eigenvalue weighted by molar-refractivity contribution is -0.137. The van der Waals surface area contributed by atoms with Crippen LogP contribution in [-0.2, 0) is 26.1 Å². The van der Waals surface area contributed by atoms with E-state index in [1.54, 1.807) is 17.9 Å². The number of halogens is 3. The number of aromatic nitrogens is 5. The minimum absolute atomic E-state index is 0.188. The van der Waals surface area contributed by atoms with Gasteiger partial charge in [-0.2, -0.15) is 13.2 Å². The van der Waals surface area contributed by atoms with E-state index in [0.29, 0.717) is 24.3 Å². The van der Waals surface area contributed by atoms with Gasteiger partial charge in [0.05, 0.1) is 11.3 Å². The third-order valence-corrected chi connectivity index (χ3v) is 3.17. The Labute approximate surface area is 128 Å². The van der Waals surface area contributed by atoms with Crippen molar-refractivity contribution in [3.05, 3.63) is 47.6 Å². The molecule has 0 bridgehead atoms. The summed E-state index contributed by atoms with van der Waals surface area (Å²) in [5.41, 5.74) is 0.515. The van der Waals surface area contributed by atoms with Crippen LogP contribution in [0.25, 0.3) is 11.5 Å². The molecular weight excluding hydrogens is 311 g/mol. The normalized spacial score (nSPS) is 11.8. The molecule has 0 N–H and O–H groups in total. The smallest absolute Gasteiger partial charge is 0.416 e. The third kappa shape index (κ3) is 3.55. The van der Waals surface area contributed by atoms with Gasteiger partial charge in [-0.25, -0.2) is 0 Å². The SMILES string of the molecule is Cn1cc(CCc2nnc(-c3ccc(C(F)(F)F)cc3)o2)nn1. The molecule has 1 aromatic carbocycles. The van der Waals surface area contributed by atoms with E-state index in [0.717, 1.165) is 17.8 Å². The molecule has 9 heteroatoms. The van der Waals surface area contributed by atoms with Crippen molar-refractivity contribution in [3.8, 4) is 11.5 Å². The zero-order chi connectivity index (χ0) is 16.4. The summed E-state index contributed by atoms with van der Waals surface area (Å²) >= 11 is 0. The molecule has 0 fully saturated rings. The molecule has 23 heavy (non-hydrogen) atoms. The van der Waals surface area contributed by atoms with Crippen molar-refractivity contribution < 1.29 is 17.6 Å². The molecule has 2 aromatic heterocycles. The largest absolute Gasteiger partial charge is 0.421 e. The monoisotopic (exact) mass is 323 g/mol. The second-order valence-electron chi connectivity index (χ2n) is 4.96. The van der Waals surface area contributed by atoms with Crippen molar-refractivity contribution in [2.75, 3.05) is 0 Å². The molecule has 2 heterocycles. The van der Waals surface area contributed by atoms with Crippen LogP contribution in [-0.4, -0.2) is 25.2 Å². The maximum absolute atomic E-state index is 12.5. The van der Waals surface area contributed by atoms with E-state index in [2.05, 4.69) is 20.5 Å². The molecule has 6 nitrogen and oxygen atoms in total. The quantitative estimate of drug-likeness (QED) is 0.738. The fourth-order valence-electron chi connectivity index (χ4n) is 2.02. The number of aryl methyl sites for hydroxylation is 3. The van der Waals surface area contributed by atoms with Gasteiger partial charge in [-0.15, -0.1) is 15.3 Å². The van der Waals surface area contributed by atoms with Crippen molar-refractivity contribution in [1.82, 2.24) is 25.2 Å². The van der Waals surface area contributed by atoms with Crippen LogP contribution in [0, 0.1) is 0 Å². The van der Waals surface area contributed by atoms with Crippen molar-refractivity contribution in [2.24, 2.45) is 7.05 Å². The van der Waals surface area contributed by atoms with Crippen LogP contribution in [0.4, 0.5) is 13.2 Å². The Morgan fingerprint density at radius 3 is 2.39 bits per heavy atom. The van der Waals surface area contributed by atoms with Crippen molar-refractivity contribution >= 4 is 0 Å². The van der Waals surface area contributed by atoms with E-state index < -0.39 is 11.7 Å². The van der Waals surface area contributed by atoms with E-state index in [4.69, 9.17) is 4.42 Å². The number of alkyl halides is 3. The zero-order valence-electron chi connectivity index (χ0n) is 12.1. The van der Waals surface area contributed by atoms with Gasteiger partial charge in [-0.3, -0.25) is 4.68 Å². The summed E-state index contributed by atoms with van der Waals surface area (Å²) < 4.78 is 44.6. The highest BCUT2D eigenvalue weighted by atomic mass is 19.4. The molecule has 0 aliphatic rings. The molecule has 0 radical (unpaired) electrons. The lowest BCUT2D eigenvalue weighted by Crippen LogP contribution is -2.03. The minimum atomic E-state index is -4.37. The highest BCUT2D eigenvalue weighted by Crippen LogP contribution is 2.30. The van der Waals surface area contributed by atoms with Gasteiger partial charge in [0.15, 0.2) is 0 Å². The molecule has 0 aliphatic carbocycles. The predicted octanol–water partition coefficient (Wildman–Crippen LogP) is 2.67. The summed E-state index contributed by atoms with van der Waals surface area (Å²) in [4.78, 5) is 0. The topological polar surface area (TPSA) is 69.6 Å². The fraction of sp³-hybridized carbons (Fsp3) is 0.286. The Hall–Kier alpha value is -2.71. The van der Waals surface area contributed by atoms with Crippen LogP contribution in [0.2, 0.25) is 0 Å². The summed E-state index contributed by atoms with van der Waals surface area (Å²) in [5, 5.41) is 15.5. The molecule has 0 aliphatic heterocycles. The van der Waals surface area contributed by atoms with Gasteiger partial charge in [0, 0.05) is 31.6 Å². The van der Waals surface area contributed by atoms with Gasteiger partial charge in [0.25, 0.3) is 0 Å². The van der Waals surface area contributed by atoms with E-state index in [9.17, 15) is 13.2 Å². The van der Waals surface area contributed by atoms with Crippen LogP contribution in [0.5, 0.6) is 0 Å². The molecule has 120 valence electrons. The fourth-order valence-corrected chi connectivity index (χ4v) is 2.02. The first kappa shape index (κ1) is 15.2. The van der Waals surface area contributed by atoms with E-state index in [1.165, 1.54) is 12.1 Å². The van der Waals surface area contributed by atoms with Crippen LogP contribution < -0.4 is 0 Å². The summed E-state index contributed by atoms with van der Waals surface area (Å²) in [6, 6.07) is 4.59. The van der Waals surface area contributed by atoms with Crippen LogP contribution in [0.1, 0.15) is 17.1 Å². The van der Waals surface area contributed by atoms with Crippen molar-refractivity contribution in [1.29, 1.82) is 0 Å². The molecular formula is C14H12F3N5O. The second-order valence-corrected chi connectivity index (χ2v) is 4.96. The van der Waals surface area contributed by atoms with Gasteiger partial charge in [-0.05, 0) is 24.3 Å². The minimum Gasteiger partial charge on any atom is -0.421 e. The highest BCUT2D eigenvalue weighted by Gasteiger charge is 2.30. The maximum atomic E-state index is 12.5. The first-order valence-corrected chi connectivity index (χ1v) is 6.77. The summed E-state index contributed by atoms with van der Waals surface area (Å²) in [7, 11) is 1.77. The predicted molar refractivity (Wildman–Crippen MR) is 73.1 cm³/mol. The number of hydrogen-bond acceptors (Lipinski definition) is 5. The average molecular weight is 323 g/mol. The summed E-state index contributed by atoms with van der Waals surface area (Å²) in [5.74, 6) is 0.582. The summed E-state index contributed by atoms with van der Waals surface area (Å²) in [6.45, 7) is 0. The highest BCUT2D eigenvalue weighted by molar-refractivity contribution is 5.53. The van der Waals surface area contributed by atoms with Gasteiger partial charge in [0.1, 0.15) is 0 Å². The van der Waals surface area contributed by atoms with Gasteiger partial charge in [-0.1, -0.05) is 5.21 Å².